The number of nitrogens with zero attached hydrogens (tertiary/aromatic N) is 2. The molecule has 2 heterocycles. The van der Waals surface area contributed by atoms with Gasteiger partial charge in [-0.05, 0) is 50.5 Å². The zero-order valence-corrected chi connectivity index (χ0v) is 21.1. The quantitative estimate of drug-likeness (QED) is 0.359. The fourth-order valence-corrected chi connectivity index (χ4v) is 5.70. The summed E-state index contributed by atoms with van der Waals surface area (Å²) in [5.74, 6) is 3.77. The lowest BCUT2D eigenvalue weighted by Crippen LogP contribution is -2.49. The van der Waals surface area contributed by atoms with Gasteiger partial charge in [0.2, 0.25) is 0 Å². The maximum absolute atomic E-state index is 5.77. The highest BCUT2D eigenvalue weighted by Crippen LogP contribution is 2.40. The number of methoxy groups -OCH3 is 1. The number of aliphatic imine (C=N–C) groups is 1. The van der Waals surface area contributed by atoms with Gasteiger partial charge >= 0.3 is 0 Å². The molecule has 2 unspecified atom stereocenters. The van der Waals surface area contributed by atoms with Crippen molar-refractivity contribution in [2.45, 2.75) is 50.9 Å². The number of likely N-dealkylation sites (tertiary alicyclic amines) is 1. The van der Waals surface area contributed by atoms with E-state index in [1.54, 1.807) is 7.11 Å². The minimum atomic E-state index is 0. The lowest BCUT2D eigenvalue weighted by molar-refractivity contribution is 0.0503. The van der Waals surface area contributed by atoms with Crippen LogP contribution in [-0.4, -0.2) is 57.9 Å². The number of benzene rings is 1. The van der Waals surface area contributed by atoms with E-state index in [2.05, 4.69) is 40.3 Å². The fourth-order valence-electron chi connectivity index (χ4n) is 5.70. The molecule has 1 aliphatic carbocycles. The third-order valence-electron chi connectivity index (χ3n) is 7.45. The molecule has 0 spiro atoms. The first-order chi connectivity index (χ1) is 14.1. The van der Waals surface area contributed by atoms with Gasteiger partial charge in [-0.15, -0.1) is 24.0 Å². The van der Waals surface area contributed by atoms with Gasteiger partial charge in [0, 0.05) is 50.9 Å². The van der Waals surface area contributed by atoms with E-state index in [0.29, 0.717) is 0 Å². The molecule has 3 aliphatic rings. The Morgan fingerprint density at radius 3 is 2.47 bits per heavy atom. The van der Waals surface area contributed by atoms with Gasteiger partial charge in [0.1, 0.15) is 5.75 Å². The number of guanidine groups is 1. The topological polar surface area (TPSA) is 46.1 Å². The Morgan fingerprint density at radius 1 is 1.20 bits per heavy atom. The van der Waals surface area contributed by atoms with E-state index in [0.717, 1.165) is 69.2 Å². The third kappa shape index (κ3) is 4.90. The Morgan fingerprint density at radius 2 is 1.87 bits per heavy atom. The average molecular weight is 527 g/mol. The Balaban J connectivity index is 0.00000256. The van der Waals surface area contributed by atoms with Crippen LogP contribution in [0, 0.1) is 18.8 Å². The van der Waals surface area contributed by atoms with Crippen molar-refractivity contribution < 1.29 is 9.47 Å². The van der Waals surface area contributed by atoms with Crippen LogP contribution >= 0.6 is 24.0 Å². The largest absolute Gasteiger partial charge is 0.496 e. The van der Waals surface area contributed by atoms with Gasteiger partial charge in [0.15, 0.2) is 5.96 Å². The number of aryl methyl sites for hydroxylation is 1. The van der Waals surface area contributed by atoms with Gasteiger partial charge in [-0.3, -0.25) is 4.99 Å². The van der Waals surface area contributed by atoms with E-state index in [9.17, 15) is 0 Å². The van der Waals surface area contributed by atoms with Crippen molar-refractivity contribution in [2.24, 2.45) is 16.8 Å². The zero-order valence-electron chi connectivity index (χ0n) is 18.8. The molecule has 168 valence electrons. The summed E-state index contributed by atoms with van der Waals surface area (Å²) in [4.78, 5) is 7.17. The van der Waals surface area contributed by atoms with E-state index in [1.807, 2.05) is 7.05 Å². The number of fused-ring (bicyclic) bond motifs is 1. The second-order valence-electron chi connectivity index (χ2n) is 9.21. The summed E-state index contributed by atoms with van der Waals surface area (Å²) in [6, 6.07) is 6.55. The molecule has 1 saturated carbocycles. The van der Waals surface area contributed by atoms with Crippen LogP contribution in [0.3, 0.4) is 0 Å². The molecule has 2 aliphatic heterocycles. The SMILES string of the molecule is CN=C(NCC1(c2cc(C)ccc2OC)CCOCC1)N1CC2CCCCC2C1.I. The Kier molecular flexibility index (Phi) is 8.30. The predicted molar refractivity (Wildman–Crippen MR) is 133 cm³/mol. The van der Waals surface area contributed by atoms with Crippen molar-refractivity contribution in [3.05, 3.63) is 29.3 Å². The average Bonchev–Trinajstić information content (AvgIpc) is 3.19. The van der Waals surface area contributed by atoms with E-state index < -0.39 is 0 Å². The Hall–Kier alpha value is -1.02. The first kappa shape index (κ1) is 23.6. The second-order valence-corrected chi connectivity index (χ2v) is 9.21. The first-order valence-corrected chi connectivity index (χ1v) is 11.3. The molecule has 0 radical (unpaired) electrons. The van der Waals surface area contributed by atoms with Gasteiger partial charge in [0.05, 0.1) is 7.11 Å². The van der Waals surface area contributed by atoms with Crippen LogP contribution in [0.1, 0.15) is 49.7 Å². The molecule has 6 heteroatoms. The van der Waals surface area contributed by atoms with Crippen LogP contribution in [0.5, 0.6) is 5.75 Å². The molecule has 1 aromatic rings. The van der Waals surface area contributed by atoms with Crippen molar-refractivity contribution >= 4 is 29.9 Å². The molecule has 2 saturated heterocycles. The summed E-state index contributed by atoms with van der Waals surface area (Å²) in [7, 11) is 3.70. The normalized spacial score (nSPS) is 26.0. The predicted octanol–water partition coefficient (Wildman–Crippen LogP) is 4.37. The molecule has 0 aromatic heterocycles. The molecule has 4 rings (SSSR count). The van der Waals surface area contributed by atoms with E-state index in [4.69, 9.17) is 9.47 Å². The molecule has 0 bridgehead atoms. The number of halogens is 1. The Labute approximate surface area is 199 Å². The highest BCUT2D eigenvalue weighted by atomic mass is 127. The number of hydrogen-bond acceptors (Lipinski definition) is 3. The van der Waals surface area contributed by atoms with E-state index in [-0.39, 0.29) is 29.4 Å². The van der Waals surface area contributed by atoms with Crippen molar-refractivity contribution in [1.82, 2.24) is 10.2 Å². The van der Waals surface area contributed by atoms with Crippen molar-refractivity contribution in [2.75, 3.05) is 47.0 Å². The van der Waals surface area contributed by atoms with Crippen LogP contribution in [0.4, 0.5) is 0 Å². The monoisotopic (exact) mass is 527 g/mol. The summed E-state index contributed by atoms with van der Waals surface area (Å²) in [6.45, 7) is 6.95. The molecule has 2 atom stereocenters. The number of rotatable bonds is 4. The third-order valence-corrected chi connectivity index (χ3v) is 7.45. The van der Waals surface area contributed by atoms with Crippen LogP contribution in [0.15, 0.2) is 23.2 Å². The number of hydrogen-bond donors (Lipinski definition) is 1. The van der Waals surface area contributed by atoms with Crippen LogP contribution in [0.2, 0.25) is 0 Å². The zero-order chi connectivity index (χ0) is 20.3. The summed E-state index contributed by atoms with van der Waals surface area (Å²) in [5, 5.41) is 3.77. The van der Waals surface area contributed by atoms with Crippen LogP contribution in [0.25, 0.3) is 0 Å². The van der Waals surface area contributed by atoms with Gasteiger partial charge in [-0.2, -0.15) is 0 Å². The number of nitrogens with one attached hydrogen (secondary N) is 1. The van der Waals surface area contributed by atoms with Crippen molar-refractivity contribution in [1.29, 1.82) is 0 Å². The molecular weight excluding hydrogens is 489 g/mol. The molecule has 0 amide bonds. The van der Waals surface area contributed by atoms with Crippen molar-refractivity contribution in [3.63, 3.8) is 0 Å². The van der Waals surface area contributed by atoms with Crippen molar-refractivity contribution in [3.8, 4) is 5.75 Å². The molecule has 30 heavy (non-hydrogen) atoms. The van der Waals surface area contributed by atoms with Gasteiger partial charge in [-0.25, -0.2) is 0 Å². The first-order valence-electron chi connectivity index (χ1n) is 11.3. The number of ether oxygens (including phenoxy) is 2. The molecule has 1 aromatic carbocycles. The van der Waals surface area contributed by atoms with Gasteiger partial charge < -0.3 is 19.7 Å². The Bertz CT molecular complexity index is 719. The molecule has 3 fully saturated rings. The van der Waals surface area contributed by atoms with E-state index >= 15 is 0 Å². The van der Waals surface area contributed by atoms with E-state index in [1.165, 1.54) is 36.8 Å². The van der Waals surface area contributed by atoms with Crippen LogP contribution < -0.4 is 10.1 Å². The van der Waals surface area contributed by atoms with Gasteiger partial charge in [-0.1, -0.05) is 30.5 Å². The summed E-state index contributed by atoms with van der Waals surface area (Å²) in [5.41, 5.74) is 2.60. The maximum atomic E-state index is 5.77. The second kappa shape index (κ2) is 10.5. The van der Waals surface area contributed by atoms with Gasteiger partial charge in [0.25, 0.3) is 0 Å². The summed E-state index contributed by atoms with van der Waals surface area (Å²) < 4.78 is 11.5. The molecular formula is C24H38IN3O2. The summed E-state index contributed by atoms with van der Waals surface area (Å²) in [6.07, 6.45) is 7.58. The highest BCUT2D eigenvalue weighted by Gasteiger charge is 2.39. The lowest BCUT2D eigenvalue weighted by Gasteiger charge is -2.39. The van der Waals surface area contributed by atoms with Crippen LogP contribution in [-0.2, 0) is 10.2 Å². The smallest absolute Gasteiger partial charge is 0.193 e. The standard InChI is InChI=1S/C24H37N3O2.HI/c1-18-8-9-22(28-3)21(14-18)24(10-12-29-13-11-24)17-26-23(25-2)27-15-19-6-4-5-7-20(19)16-27;/h8-9,14,19-20H,4-7,10-13,15-17H2,1-3H3,(H,25,26);1H. The minimum Gasteiger partial charge on any atom is -0.496 e. The minimum absolute atomic E-state index is 0. The maximum Gasteiger partial charge on any atom is 0.193 e. The highest BCUT2D eigenvalue weighted by molar-refractivity contribution is 14.0. The molecule has 1 N–H and O–H groups in total. The lowest BCUT2D eigenvalue weighted by atomic mass is 9.73. The molecule has 5 nitrogen and oxygen atoms in total. The summed E-state index contributed by atoms with van der Waals surface area (Å²) >= 11 is 0. The fraction of sp³-hybridized carbons (Fsp3) is 0.708.